The molecule has 0 radical (unpaired) electrons. The van der Waals surface area contributed by atoms with Gasteiger partial charge in [0, 0.05) is 23.8 Å². The molecular weight excluding hydrogens is 608 g/mol. The number of aliphatic hydroxyl groups excluding tert-OH is 5. The van der Waals surface area contributed by atoms with Crippen LogP contribution in [-0.4, -0.2) is 121 Å². The van der Waals surface area contributed by atoms with E-state index in [1.807, 2.05) is 0 Å². The number of hydrogen-bond donors (Lipinski definition) is 8. The summed E-state index contributed by atoms with van der Waals surface area (Å²) in [4.78, 5) is 36.1. The number of benzene rings is 2. The molecule has 0 amide bonds. The van der Waals surface area contributed by atoms with Gasteiger partial charge in [-0.3, -0.25) is 4.79 Å². The Kier molecular flexibility index (Phi) is 8.97. The van der Waals surface area contributed by atoms with Gasteiger partial charge in [0.25, 0.3) is 0 Å². The fourth-order valence-electron chi connectivity index (χ4n) is 4.94. The highest BCUT2D eigenvalue weighted by Gasteiger charge is 2.54. The zero-order valence-electron chi connectivity index (χ0n) is 23.1. The third-order valence-corrected chi connectivity index (χ3v) is 7.30. The molecule has 0 unspecified atom stereocenters. The van der Waals surface area contributed by atoms with Crippen LogP contribution in [0.15, 0.2) is 51.7 Å². The summed E-state index contributed by atoms with van der Waals surface area (Å²) in [5.41, 5.74) is -0.327. The van der Waals surface area contributed by atoms with Crippen LogP contribution in [0.5, 0.6) is 17.2 Å². The second kappa shape index (κ2) is 12.6. The fraction of sp³-hybridized carbons (Fsp3) is 0.393. The standard InChI is InChI=1S/C28H28O17/c1-40-10-4-2-9(3-5-10)14-8-13(30)16-12(29)6-11(7-15(16)42-14)41-28-24(20(34)19(33)23(44-28)26(38)39)45-27-21(35)17(31)18(32)22(43-27)25(36)37/h2-8,17-24,27-29,31-35H,1H3,(H,36,37)(H,38,39)/t17-,18-,19+,20-,21+,22-,23-,24+,27-,28+/m0/s1. The van der Waals surface area contributed by atoms with Crippen molar-refractivity contribution in [3.63, 3.8) is 0 Å². The quantitative estimate of drug-likeness (QED) is 0.138. The van der Waals surface area contributed by atoms with Gasteiger partial charge in [-0.2, -0.15) is 0 Å². The molecule has 17 nitrogen and oxygen atoms in total. The van der Waals surface area contributed by atoms with Crippen LogP contribution in [0.2, 0.25) is 0 Å². The largest absolute Gasteiger partial charge is 0.507 e. The average molecular weight is 637 g/mol. The van der Waals surface area contributed by atoms with Crippen molar-refractivity contribution >= 4 is 22.9 Å². The lowest BCUT2D eigenvalue weighted by molar-refractivity contribution is -0.350. The smallest absolute Gasteiger partial charge is 0.335 e. The number of phenols is 1. The summed E-state index contributed by atoms with van der Waals surface area (Å²) < 4.78 is 32.5. The van der Waals surface area contributed by atoms with E-state index in [9.17, 15) is 55.2 Å². The minimum absolute atomic E-state index is 0.100. The van der Waals surface area contributed by atoms with E-state index in [4.69, 9.17) is 28.1 Å². The fourth-order valence-corrected chi connectivity index (χ4v) is 4.94. The van der Waals surface area contributed by atoms with Gasteiger partial charge in [-0.1, -0.05) is 0 Å². The molecule has 45 heavy (non-hydrogen) atoms. The molecule has 3 heterocycles. The number of aromatic hydroxyl groups is 1. The topological polar surface area (TPSA) is 272 Å². The summed E-state index contributed by atoms with van der Waals surface area (Å²) in [6.07, 6.45) is -20.7. The Balaban J connectivity index is 1.49. The molecule has 3 aromatic rings. The molecular formula is C28H28O17. The van der Waals surface area contributed by atoms with Crippen molar-refractivity contribution in [2.45, 2.75) is 61.4 Å². The Hall–Kier alpha value is -4.33. The molecule has 0 saturated carbocycles. The maximum Gasteiger partial charge on any atom is 0.335 e. The number of carboxylic acid groups (broad SMARTS) is 2. The average Bonchev–Trinajstić information content (AvgIpc) is 2.99. The monoisotopic (exact) mass is 636 g/mol. The lowest BCUT2D eigenvalue weighted by atomic mass is 9.97. The molecule has 10 atom stereocenters. The van der Waals surface area contributed by atoms with E-state index in [2.05, 4.69) is 0 Å². The molecule has 8 N–H and O–H groups in total. The SMILES string of the molecule is COc1ccc(-c2cc(=O)c3c(O)cc(O[C@@H]4O[C@H](C(=O)O)[C@H](O)[C@H](O)[C@H]4O[C@@H]4O[C@H](C(=O)O)[C@@H](O)[C@H](O)[C@H]4O)cc3o2)cc1. The molecule has 1 aromatic heterocycles. The molecule has 5 rings (SSSR count). The molecule has 0 spiro atoms. The second-order valence-corrected chi connectivity index (χ2v) is 10.2. The molecule has 2 fully saturated rings. The predicted octanol–water partition coefficient (Wildman–Crippen LogP) is -1.64. The summed E-state index contributed by atoms with van der Waals surface area (Å²) >= 11 is 0. The van der Waals surface area contributed by atoms with Crippen molar-refractivity contribution in [3.8, 4) is 28.6 Å². The lowest BCUT2D eigenvalue weighted by Gasteiger charge is -2.44. The molecule has 0 aliphatic carbocycles. The molecule has 2 aromatic carbocycles. The van der Waals surface area contributed by atoms with E-state index >= 15 is 0 Å². The van der Waals surface area contributed by atoms with Crippen LogP contribution < -0.4 is 14.9 Å². The minimum atomic E-state index is -2.14. The van der Waals surface area contributed by atoms with Crippen molar-refractivity contribution in [1.82, 2.24) is 0 Å². The highest BCUT2D eigenvalue weighted by Crippen LogP contribution is 2.35. The van der Waals surface area contributed by atoms with E-state index in [-0.39, 0.29) is 22.5 Å². The highest BCUT2D eigenvalue weighted by atomic mass is 16.8. The van der Waals surface area contributed by atoms with Crippen molar-refractivity contribution in [3.05, 3.63) is 52.7 Å². The third kappa shape index (κ3) is 6.15. The first kappa shape index (κ1) is 32.1. The van der Waals surface area contributed by atoms with E-state index in [0.29, 0.717) is 11.3 Å². The summed E-state index contributed by atoms with van der Waals surface area (Å²) in [6, 6.07) is 9.73. The third-order valence-electron chi connectivity index (χ3n) is 7.30. The zero-order valence-corrected chi connectivity index (χ0v) is 23.1. The van der Waals surface area contributed by atoms with Gasteiger partial charge in [-0.15, -0.1) is 0 Å². The van der Waals surface area contributed by atoms with Gasteiger partial charge in [0.15, 0.2) is 30.0 Å². The number of carbonyl (C=O) groups is 2. The number of fused-ring (bicyclic) bond motifs is 1. The molecule has 2 saturated heterocycles. The first-order valence-corrected chi connectivity index (χ1v) is 13.2. The Morgan fingerprint density at radius 2 is 1.36 bits per heavy atom. The van der Waals surface area contributed by atoms with Crippen LogP contribution in [-0.2, 0) is 23.8 Å². The minimum Gasteiger partial charge on any atom is -0.507 e. The highest BCUT2D eigenvalue weighted by molar-refractivity contribution is 5.86. The van der Waals surface area contributed by atoms with Gasteiger partial charge in [0.05, 0.1) is 7.11 Å². The summed E-state index contributed by atoms with van der Waals surface area (Å²) in [5.74, 6) is -3.74. The molecule has 242 valence electrons. The van der Waals surface area contributed by atoms with Crippen LogP contribution in [0.3, 0.4) is 0 Å². The van der Waals surface area contributed by atoms with Gasteiger partial charge in [0.1, 0.15) is 64.5 Å². The van der Waals surface area contributed by atoms with Gasteiger partial charge >= 0.3 is 11.9 Å². The van der Waals surface area contributed by atoms with Gasteiger partial charge in [0.2, 0.25) is 6.29 Å². The number of rotatable bonds is 8. The maximum atomic E-state index is 12.9. The van der Waals surface area contributed by atoms with Gasteiger partial charge < -0.3 is 69.0 Å². The Morgan fingerprint density at radius 3 is 1.96 bits per heavy atom. The molecule has 2 aliphatic rings. The van der Waals surface area contributed by atoms with Crippen LogP contribution >= 0.6 is 0 Å². The molecule has 2 aliphatic heterocycles. The first-order chi connectivity index (χ1) is 21.3. The van der Waals surface area contributed by atoms with Crippen molar-refractivity contribution in [2.75, 3.05) is 7.11 Å². The van der Waals surface area contributed by atoms with Crippen LogP contribution in [0.4, 0.5) is 0 Å². The van der Waals surface area contributed by atoms with Crippen molar-refractivity contribution in [2.24, 2.45) is 0 Å². The summed E-state index contributed by atoms with van der Waals surface area (Å²) in [6.45, 7) is 0. The number of methoxy groups -OCH3 is 1. The Bertz CT molecular complexity index is 1620. The number of phenolic OH excluding ortho intramolecular Hbond substituents is 1. The van der Waals surface area contributed by atoms with Crippen LogP contribution in [0.1, 0.15) is 0 Å². The Labute approximate surface area is 251 Å². The van der Waals surface area contributed by atoms with Gasteiger partial charge in [-0.25, -0.2) is 9.59 Å². The second-order valence-electron chi connectivity index (χ2n) is 10.2. The maximum absolute atomic E-state index is 12.9. The Morgan fingerprint density at radius 1 is 0.756 bits per heavy atom. The number of aliphatic carboxylic acids is 2. The summed E-state index contributed by atoms with van der Waals surface area (Å²) in [7, 11) is 1.48. The molecule has 17 heteroatoms. The first-order valence-electron chi connectivity index (χ1n) is 13.2. The molecule has 0 bridgehead atoms. The lowest BCUT2D eigenvalue weighted by Crippen LogP contribution is -2.66. The van der Waals surface area contributed by atoms with Crippen molar-refractivity contribution < 1.29 is 78.5 Å². The predicted molar refractivity (Wildman–Crippen MR) is 144 cm³/mol. The number of hydrogen-bond acceptors (Lipinski definition) is 15. The normalized spacial score (nSPS) is 31.8. The van der Waals surface area contributed by atoms with E-state index in [0.717, 1.165) is 18.2 Å². The number of ether oxygens (including phenoxy) is 5. The van der Waals surface area contributed by atoms with E-state index < -0.39 is 84.5 Å². The van der Waals surface area contributed by atoms with Crippen molar-refractivity contribution in [1.29, 1.82) is 0 Å². The summed E-state index contributed by atoms with van der Waals surface area (Å²) in [5, 5.41) is 80.9. The number of carboxylic acids is 2. The number of aliphatic hydroxyl groups is 5. The van der Waals surface area contributed by atoms with Crippen LogP contribution in [0.25, 0.3) is 22.3 Å². The zero-order chi connectivity index (χ0) is 32.7. The van der Waals surface area contributed by atoms with E-state index in [1.54, 1.807) is 24.3 Å². The van der Waals surface area contributed by atoms with Gasteiger partial charge in [-0.05, 0) is 24.3 Å². The van der Waals surface area contributed by atoms with Crippen LogP contribution in [0, 0.1) is 0 Å². The van der Waals surface area contributed by atoms with E-state index in [1.165, 1.54) is 7.11 Å².